The fourth-order valence-electron chi connectivity index (χ4n) is 2.19. The van der Waals surface area contributed by atoms with Crippen LogP contribution in [0.3, 0.4) is 0 Å². The molecule has 0 spiro atoms. The highest BCUT2D eigenvalue weighted by Crippen LogP contribution is 2.26. The van der Waals surface area contributed by atoms with Crippen molar-refractivity contribution in [2.45, 2.75) is 25.4 Å². The molecule has 1 aromatic rings. The summed E-state index contributed by atoms with van der Waals surface area (Å²) in [7, 11) is 1.55. The molecule has 1 aromatic carbocycles. The second-order valence-electron chi connectivity index (χ2n) is 4.97. The fraction of sp³-hybridized carbons (Fsp3) is 0.533. The van der Waals surface area contributed by atoms with Crippen molar-refractivity contribution in [3.05, 3.63) is 18.2 Å². The van der Waals surface area contributed by atoms with E-state index in [9.17, 15) is 4.79 Å². The number of carbonyl (C=O) groups is 1. The van der Waals surface area contributed by atoms with Crippen LogP contribution in [-0.4, -0.2) is 38.9 Å². The van der Waals surface area contributed by atoms with Crippen molar-refractivity contribution >= 4 is 17.3 Å². The van der Waals surface area contributed by atoms with Crippen molar-refractivity contribution in [1.82, 2.24) is 0 Å². The smallest absolute Gasteiger partial charge is 0.226 e. The predicted octanol–water partition coefficient (Wildman–Crippen LogP) is 1.80. The van der Waals surface area contributed by atoms with E-state index in [1.807, 2.05) is 0 Å². The summed E-state index contributed by atoms with van der Waals surface area (Å²) >= 11 is 0. The van der Waals surface area contributed by atoms with Gasteiger partial charge in [-0.05, 0) is 31.0 Å². The largest absolute Gasteiger partial charge is 0.495 e. The molecule has 3 N–H and O–H groups in total. The first kappa shape index (κ1) is 15.6. The summed E-state index contributed by atoms with van der Waals surface area (Å²) in [6.45, 7) is 1.73. The highest BCUT2D eigenvalue weighted by atomic mass is 16.5. The van der Waals surface area contributed by atoms with Gasteiger partial charge in [0.25, 0.3) is 0 Å². The van der Waals surface area contributed by atoms with Gasteiger partial charge in [0.2, 0.25) is 5.91 Å². The molecule has 0 radical (unpaired) electrons. The van der Waals surface area contributed by atoms with Gasteiger partial charge in [0, 0.05) is 12.3 Å². The molecule has 1 atom stereocenters. The molecule has 1 aliphatic rings. The second-order valence-corrected chi connectivity index (χ2v) is 4.97. The minimum absolute atomic E-state index is 0.133. The van der Waals surface area contributed by atoms with Crippen molar-refractivity contribution in [3.8, 4) is 5.75 Å². The molecule has 1 amide bonds. The summed E-state index contributed by atoms with van der Waals surface area (Å²) in [5.74, 6) is 0.448. The highest BCUT2D eigenvalue weighted by molar-refractivity contribution is 5.92. The van der Waals surface area contributed by atoms with Gasteiger partial charge in [-0.3, -0.25) is 4.79 Å². The normalized spacial score (nSPS) is 17.7. The lowest BCUT2D eigenvalue weighted by molar-refractivity contribution is -0.117. The number of rotatable bonds is 7. The molecule has 1 saturated heterocycles. The van der Waals surface area contributed by atoms with E-state index < -0.39 is 0 Å². The number of methoxy groups -OCH3 is 1. The minimum Gasteiger partial charge on any atom is -0.495 e. The Morgan fingerprint density at radius 3 is 3.10 bits per heavy atom. The first-order valence-corrected chi connectivity index (χ1v) is 7.11. The quantitative estimate of drug-likeness (QED) is 0.592. The second kappa shape index (κ2) is 7.85. The van der Waals surface area contributed by atoms with Crippen molar-refractivity contribution in [1.29, 1.82) is 0 Å². The molecule has 1 unspecified atom stereocenters. The van der Waals surface area contributed by atoms with Gasteiger partial charge in [0.15, 0.2) is 0 Å². The van der Waals surface area contributed by atoms with Crippen molar-refractivity contribution < 1.29 is 19.0 Å². The molecule has 21 heavy (non-hydrogen) atoms. The topological polar surface area (TPSA) is 82.8 Å². The van der Waals surface area contributed by atoms with Crippen LogP contribution in [0.2, 0.25) is 0 Å². The Bertz CT molecular complexity index is 473. The van der Waals surface area contributed by atoms with Gasteiger partial charge in [0.1, 0.15) is 5.75 Å². The maximum Gasteiger partial charge on any atom is 0.226 e. The zero-order chi connectivity index (χ0) is 15.1. The summed E-state index contributed by atoms with van der Waals surface area (Å²) in [6, 6.07) is 5.11. The number of nitrogens with two attached hydrogens (primary N) is 1. The van der Waals surface area contributed by atoms with Crippen LogP contribution in [0.15, 0.2) is 18.2 Å². The third-order valence-electron chi connectivity index (χ3n) is 3.30. The number of ether oxygens (including phenoxy) is 3. The van der Waals surface area contributed by atoms with Crippen molar-refractivity contribution in [2.75, 3.05) is 38.0 Å². The molecule has 0 aliphatic carbocycles. The van der Waals surface area contributed by atoms with Crippen molar-refractivity contribution in [3.63, 3.8) is 0 Å². The molecule has 116 valence electrons. The minimum atomic E-state index is -0.133. The van der Waals surface area contributed by atoms with Gasteiger partial charge in [-0.25, -0.2) is 0 Å². The monoisotopic (exact) mass is 294 g/mol. The molecular weight excluding hydrogens is 272 g/mol. The van der Waals surface area contributed by atoms with E-state index in [1.165, 1.54) is 0 Å². The molecule has 0 saturated carbocycles. The average Bonchev–Trinajstić information content (AvgIpc) is 2.97. The molecule has 6 nitrogen and oxygen atoms in total. The van der Waals surface area contributed by atoms with Crippen LogP contribution >= 0.6 is 0 Å². The summed E-state index contributed by atoms with van der Waals surface area (Å²) in [5, 5.41) is 2.78. The number of carbonyl (C=O) groups excluding carboxylic acids is 1. The van der Waals surface area contributed by atoms with E-state index in [0.717, 1.165) is 19.4 Å². The molecule has 1 fully saturated rings. The van der Waals surface area contributed by atoms with Crippen LogP contribution in [0.1, 0.15) is 19.3 Å². The van der Waals surface area contributed by atoms with E-state index in [0.29, 0.717) is 30.3 Å². The number of amides is 1. The highest BCUT2D eigenvalue weighted by Gasteiger charge is 2.15. The van der Waals surface area contributed by atoms with E-state index >= 15 is 0 Å². The third-order valence-corrected chi connectivity index (χ3v) is 3.30. The van der Waals surface area contributed by atoms with E-state index in [1.54, 1.807) is 25.3 Å². The van der Waals surface area contributed by atoms with Gasteiger partial charge < -0.3 is 25.3 Å². The van der Waals surface area contributed by atoms with E-state index in [2.05, 4.69) is 5.32 Å². The Morgan fingerprint density at radius 2 is 2.38 bits per heavy atom. The van der Waals surface area contributed by atoms with Crippen molar-refractivity contribution in [2.24, 2.45) is 0 Å². The zero-order valence-corrected chi connectivity index (χ0v) is 12.3. The molecule has 6 heteroatoms. The first-order chi connectivity index (χ1) is 10.2. The molecule has 0 aromatic heterocycles. The predicted molar refractivity (Wildman–Crippen MR) is 80.4 cm³/mol. The van der Waals surface area contributed by atoms with Gasteiger partial charge in [0.05, 0.1) is 38.5 Å². The lowest BCUT2D eigenvalue weighted by atomic mass is 10.2. The third kappa shape index (κ3) is 4.91. The Balaban J connectivity index is 1.72. The Kier molecular flexibility index (Phi) is 5.83. The number of hydrogen-bond acceptors (Lipinski definition) is 5. The van der Waals surface area contributed by atoms with Gasteiger partial charge >= 0.3 is 0 Å². The summed E-state index contributed by atoms with van der Waals surface area (Å²) in [4.78, 5) is 11.9. The molecule has 1 heterocycles. The average molecular weight is 294 g/mol. The Morgan fingerprint density at radius 1 is 1.52 bits per heavy atom. The van der Waals surface area contributed by atoms with E-state index in [4.69, 9.17) is 19.9 Å². The molecule has 0 bridgehead atoms. The number of benzene rings is 1. The summed E-state index contributed by atoms with van der Waals surface area (Å²) in [6.07, 6.45) is 2.59. The molecule has 1 aliphatic heterocycles. The number of nitrogens with one attached hydrogen (secondary N) is 1. The number of hydrogen-bond donors (Lipinski definition) is 2. The van der Waals surface area contributed by atoms with Gasteiger partial charge in [-0.2, -0.15) is 0 Å². The lowest BCUT2D eigenvalue weighted by Crippen LogP contribution is -2.18. The first-order valence-electron chi connectivity index (χ1n) is 7.11. The number of nitrogen functional groups attached to an aromatic ring is 1. The fourth-order valence-corrected chi connectivity index (χ4v) is 2.19. The lowest BCUT2D eigenvalue weighted by Gasteiger charge is -2.12. The van der Waals surface area contributed by atoms with Gasteiger partial charge in [-0.15, -0.1) is 0 Å². The van der Waals surface area contributed by atoms with Crippen LogP contribution in [0.5, 0.6) is 5.75 Å². The standard InChI is InChI=1S/C15H22N2O4/c1-19-14-5-4-11(16)9-13(14)17-15(18)6-8-20-10-12-3-2-7-21-12/h4-5,9,12H,2-3,6-8,10,16H2,1H3,(H,17,18). The van der Waals surface area contributed by atoms with Crippen LogP contribution in [0, 0.1) is 0 Å². The summed E-state index contributed by atoms with van der Waals surface area (Å²) in [5.41, 5.74) is 6.85. The molecule has 2 rings (SSSR count). The van der Waals surface area contributed by atoms with Crippen LogP contribution in [0.4, 0.5) is 11.4 Å². The van der Waals surface area contributed by atoms with Crippen LogP contribution in [-0.2, 0) is 14.3 Å². The maximum atomic E-state index is 11.9. The van der Waals surface area contributed by atoms with Crippen LogP contribution in [0.25, 0.3) is 0 Å². The summed E-state index contributed by atoms with van der Waals surface area (Å²) < 4.78 is 16.1. The maximum absolute atomic E-state index is 11.9. The van der Waals surface area contributed by atoms with E-state index in [-0.39, 0.29) is 18.4 Å². The van der Waals surface area contributed by atoms with Crippen LogP contribution < -0.4 is 15.8 Å². The Hall–Kier alpha value is -1.79. The molecular formula is C15H22N2O4. The number of anilines is 2. The zero-order valence-electron chi connectivity index (χ0n) is 12.3. The Labute approximate surface area is 124 Å². The van der Waals surface area contributed by atoms with Gasteiger partial charge in [-0.1, -0.05) is 0 Å². The SMILES string of the molecule is COc1ccc(N)cc1NC(=O)CCOCC1CCCO1.